The Balaban J connectivity index is 1.47. The third-order valence-corrected chi connectivity index (χ3v) is 7.36. The molecule has 0 saturated heterocycles. The number of hydrogen-bond donors (Lipinski definition) is 0. The van der Waals surface area contributed by atoms with Gasteiger partial charge in [-0.1, -0.05) is 24.3 Å². The molecule has 25 heavy (non-hydrogen) atoms. The summed E-state index contributed by atoms with van der Waals surface area (Å²) >= 11 is 5.32. The Kier molecular flexibility index (Phi) is 5.25. The quantitative estimate of drug-likeness (QED) is 0.543. The van der Waals surface area contributed by atoms with Crippen LogP contribution in [-0.4, -0.2) is 23.1 Å². The molecule has 5 heteroatoms. The molecule has 1 aliphatic heterocycles. The molecule has 1 aromatic carbocycles. The summed E-state index contributed by atoms with van der Waals surface area (Å²) in [4.78, 5) is 19.0. The lowest BCUT2D eigenvalue weighted by Crippen LogP contribution is -2.39. The van der Waals surface area contributed by atoms with Gasteiger partial charge in [0.25, 0.3) is 0 Å². The molecule has 4 rings (SSSR count). The lowest BCUT2D eigenvalue weighted by atomic mass is 9.98. The summed E-state index contributed by atoms with van der Waals surface area (Å²) in [5.74, 6) is 1.09. The summed E-state index contributed by atoms with van der Waals surface area (Å²) in [5, 5.41) is 4.26. The monoisotopic (exact) mass is 385 g/mol. The fourth-order valence-corrected chi connectivity index (χ4v) is 5.88. The van der Waals surface area contributed by atoms with Gasteiger partial charge in [0, 0.05) is 33.4 Å². The van der Waals surface area contributed by atoms with E-state index in [0.29, 0.717) is 6.42 Å². The highest BCUT2D eigenvalue weighted by molar-refractivity contribution is 7.99. The standard InChI is InChI=1S/C20H19NOS3/c22-19(10-14-23-15-5-2-1-3-6-15)21-11-8-17-16(9-13-25-17)20(21)18-7-4-12-24-18/h1-7,9,12-13,20H,8,10-11,14H2/t20-/m0/s1. The Labute approximate surface area is 160 Å². The van der Waals surface area contributed by atoms with Crippen LogP contribution in [-0.2, 0) is 11.2 Å². The molecule has 1 amide bonds. The van der Waals surface area contributed by atoms with Crippen molar-refractivity contribution in [2.75, 3.05) is 12.3 Å². The first-order valence-electron chi connectivity index (χ1n) is 8.40. The van der Waals surface area contributed by atoms with Crippen LogP contribution < -0.4 is 0 Å². The first-order valence-corrected chi connectivity index (χ1v) is 11.1. The van der Waals surface area contributed by atoms with Crippen molar-refractivity contribution >= 4 is 40.3 Å². The van der Waals surface area contributed by atoms with Crippen LogP contribution in [0.1, 0.15) is 27.8 Å². The zero-order valence-corrected chi connectivity index (χ0v) is 16.2. The third-order valence-electron chi connectivity index (χ3n) is 4.43. The van der Waals surface area contributed by atoms with Crippen molar-refractivity contribution in [2.24, 2.45) is 0 Å². The maximum atomic E-state index is 12.9. The minimum Gasteiger partial charge on any atom is -0.330 e. The molecular formula is C20H19NOS3. The number of carbonyl (C=O) groups is 1. The van der Waals surface area contributed by atoms with Gasteiger partial charge in [-0.05, 0) is 47.0 Å². The molecule has 128 valence electrons. The van der Waals surface area contributed by atoms with Gasteiger partial charge >= 0.3 is 0 Å². The van der Waals surface area contributed by atoms with E-state index < -0.39 is 0 Å². The van der Waals surface area contributed by atoms with Crippen molar-refractivity contribution in [1.29, 1.82) is 0 Å². The van der Waals surface area contributed by atoms with E-state index in [4.69, 9.17) is 0 Å². The summed E-state index contributed by atoms with van der Waals surface area (Å²) < 4.78 is 0. The summed E-state index contributed by atoms with van der Waals surface area (Å²) in [6.07, 6.45) is 1.56. The highest BCUT2D eigenvalue weighted by Gasteiger charge is 2.32. The van der Waals surface area contributed by atoms with Gasteiger partial charge in [-0.3, -0.25) is 4.79 Å². The molecule has 0 fully saturated rings. The Bertz CT molecular complexity index is 826. The fraction of sp³-hybridized carbons (Fsp3) is 0.250. The van der Waals surface area contributed by atoms with Crippen LogP contribution in [0, 0.1) is 0 Å². The molecule has 0 saturated carbocycles. The van der Waals surface area contributed by atoms with Gasteiger partial charge in [0.15, 0.2) is 0 Å². The molecule has 2 aromatic heterocycles. The second-order valence-electron chi connectivity index (χ2n) is 5.97. The number of nitrogens with zero attached hydrogens (tertiary/aromatic N) is 1. The molecule has 1 atom stereocenters. The number of amides is 1. The van der Waals surface area contributed by atoms with Crippen molar-refractivity contribution in [2.45, 2.75) is 23.8 Å². The minimum absolute atomic E-state index is 0.101. The van der Waals surface area contributed by atoms with Gasteiger partial charge in [-0.25, -0.2) is 0 Å². The molecular weight excluding hydrogens is 366 g/mol. The molecule has 3 aromatic rings. The highest BCUT2D eigenvalue weighted by Crippen LogP contribution is 2.39. The Morgan fingerprint density at radius 3 is 2.76 bits per heavy atom. The van der Waals surface area contributed by atoms with Crippen molar-refractivity contribution < 1.29 is 4.79 Å². The van der Waals surface area contributed by atoms with Gasteiger partial charge in [0.1, 0.15) is 0 Å². The first kappa shape index (κ1) is 16.9. The predicted molar refractivity (Wildman–Crippen MR) is 108 cm³/mol. The van der Waals surface area contributed by atoms with Crippen molar-refractivity contribution in [3.63, 3.8) is 0 Å². The zero-order valence-electron chi connectivity index (χ0n) is 13.8. The number of hydrogen-bond acceptors (Lipinski definition) is 4. The SMILES string of the molecule is O=C(CCSc1ccccc1)N1CCc2sccc2[C@H]1c1cccs1. The van der Waals surface area contributed by atoms with Gasteiger partial charge in [-0.15, -0.1) is 34.4 Å². The second-order valence-corrected chi connectivity index (χ2v) is 9.11. The summed E-state index contributed by atoms with van der Waals surface area (Å²) in [6, 6.07) is 16.8. The predicted octanol–water partition coefficient (Wildman–Crippen LogP) is 5.47. The summed E-state index contributed by atoms with van der Waals surface area (Å²) in [5.41, 5.74) is 1.32. The highest BCUT2D eigenvalue weighted by atomic mass is 32.2. The summed E-state index contributed by atoms with van der Waals surface area (Å²) in [7, 11) is 0. The molecule has 3 heterocycles. The lowest BCUT2D eigenvalue weighted by Gasteiger charge is -2.35. The number of carbonyl (C=O) groups excluding carboxylic acids is 1. The number of thiophene rings is 2. The molecule has 0 aliphatic carbocycles. The topological polar surface area (TPSA) is 20.3 Å². The minimum atomic E-state index is 0.101. The normalized spacial score (nSPS) is 16.6. The van der Waals surface area contributed by atoms with Crippen molar-refractivity contribution in [1.82, 2.24) is 4.90 Å². The fourth-order valence-electron chi connectivity index (χ4n) is 3.26. The Morgan fingerprint density at radius 1 is 1.08 bits per heavy atom. The molecule has 0 spiro atoms. The first-order chi connectivity index (χ1) is 12.3. The number of fused-ring (bicyclic) bond motifs is 1. The largest absolute Gasteiger partial charge is 0.330 e. The average molecular weight is 386 g/mol. The van der Waals surface area contributed by atoms with Crippen molar-refractivity contribution in [3.8, 4) is 0 Å². The molecule has 1 aliphatic rings. The molecule has 0 bridgehead atoms. The van der Waals surface area contributed by atoms with Crippen LogP contribution in [0.25, 0.3) is 0 Å². The maximum absolute atomic E-state index is 12.9. The van der Waals surface area contributed by atoms with Gasteiger partial charge in [0.2, 0.25) is 5.91 Å². The molecule has 0 N–H and O–H groups in total. The average Bonchev–Trinajstić information content (AvgIpc) is 3.33. The van der Waals surface area contributed by atoms with Crippen LogP contribution in [0.3, 0.4) is 0 Å². The summed E-state index contributed by atoms with van der Waals surface area (Å²) in [6.45, 7) is 0.824. The van der Waals surface area contributed by atoms with Gasteiger partial charge in [-0.2, -0.15) is 0 Å². The molecule has 0 unspecified atom stereocenters. The lowest BCUT2D eigenvalue weighted by molar-refractivity contribution is -0.132. The Morgan fingerprint density at radius 2 is 1.96 bits per heavy atom. The van der Waals surface area contributed by atoms with Crippen LogP contribution in [0.4, 0.5) is 0 Å². The van der Waals surface area contributed by atoms with Crippen LogP contribution >= 0.6 is 34.4 Å². The smallest absolute Gasteiger partial charge is 0.224 e. The van der Waals surface area contributed by atoms with Crippen LogP contribution in [0.2, 0.25) is 0 Å². The second kappa shape index (κ2) is 7.77. The maximum Gasteiger partial charge on any atom is 0.224 e. The third kappa shape index (κ3) is 3.68. The van der Waals surface area contributed by atoms with Crippen LogP contribution in [0.15, 0.2) is 64.2 Å². The van der Waals surface area contributed by atoms with E-state index in [1.165, 1.54) is 20.2 Å². The molecule has 0 radical (unpaired) electrons. The number of thioether (sulfide) groups is 1. The van der Waals surface area contributed by atoms with Gasteiger partial charge < -0.3 is 4.90 Å². The van der Waals surface area contributed by atoms with E-state index in [2.05, 4.69) is 46.0 Å². The Hall–Kier alpha value is -1.56. The van der Waals surface area contributed by atoms with Crippen LogP contribution in [0.5, 0.6) is 0 Å². The molecule has 2 nitrogen and oxygen atoms in total. The van der Waals surface area contributed by atoms with Gasteiger partial charge in [0.05, 0.1) is 6.04 Å². The van der Waals surface area contributed by atoms with E-state index in [1.807, 2.05) is 29.5 Å². The number of rotatable bonds is 5. The van der Waals surface area contributed by atoms with E-state index in [-0.39, 0.29) is 11.9 Å². The van der Waals surface area contributed by atoms with E-state index >= 15 is 0 Å². The number of benzene rings is 1. The van der Waals surface area contributed by atoms with E-state index in [9.17, 15) is 4.79 Å². The van der Waals surface area contributed by atoms with E-state index in [0.717, 1.165) is 18.7 Å². The zero-order chi connectivity index (χ0) is 17.1. The van der Waals surface area contributed by atoms with Crippen molar-refractivity contribution in [3.05, 3.63) is 74.6 Å². The van der Waals surface area contributed by atoms with E-state index in [1.54, 1.807) is 23.1 Å².